The molecule has 1 spiro atoms. The summed E-state index contributed by atoms with van der Waals surface area (Å²) < 4.78 is 15.8. The van der Waals surface area contributed by atoms with Crippen LogP contribution in [0.3, 0.4) is 0 Å². The number of anilines is 1. The highest BCUT2D eigenvalue weighted by molar-refractivity contribution is 7.13. The summed E-state index contributed by atoms with van der Waals surface area (Å²) in [5.41, 5.74) is 1.38. The maximum absolute atomic E-state index is 14.0. The topological polar surface area (TPSA) is 53.4 Å². The monoisotopic (exact) mass is 453 g/mol. The van der Waals surface area contributed by atoms with E-state index in [2.05, 4.69) is 29.4 Å². The first-order chi connectivity index (χ1) is 15.3. The van der Waals surface area contributed by atoms with Gasteiger partial charge >= 0.3 is 6.03 Å². The largest absolute Gasteiger partial charge is 0.330 e. The van der Waals surface area contributed by atoms with Gasteiger partial charge in [-0.1, -0.05) is 18.2 Å². The quantitative estimate of drug-likeness (QED) is 0.629. The van der Waals surface area contributed by atoms with E-state index < -0.39 is 0 Å². The molecule has 1 aliphatic heterocycles. The predicted octanol–water partition coefficient (Wildman–Crippen LogP) is 4.59. The molecular weight excluding hydrogens is 425 g/mol. The van der Waals surface area contributed by atoms with Gasteiger partial charge in [0.15, 0.2) is 0 Å². The van der Waals surface area contributed by atoms with E-state index in [9.17, 15) is 9.18 Å². The van der Waals surface area contributed by atoms with Crippen LogP contribution in [0.25, 0.3) is 10.6 Å². The Labute approximate surface area is 191 Å². The third-order valence-corrected chi connectivity index (χ3v) is 8.13. The summed E-state index contributed by atoms with van der Waals surface area (Å²) in [7, 11) is 6.00. The number of halogens is 1. The van der Waals surface area contributed by atoms with Gasteiger partial charge < -0.3 is 5.32 Å². The molecule has 3 heterocycles. The summed E-state index contributed by atoms with van der Waals surface area (Å²) >= 11 is 1.64. The molecule has 6 nitrogen and oxygen atoms in total. The zero-order valence-corrected chi connectivity index (χ0v) is 19.5. The van der Waals surface area contributed by atoms with Crippen LogP contribution < -0.4 is 10.2 Å². The molecule has 2 aliphatic rings. The Kier molecular flexibility index (Phi) is 5.09. The number of carbonyl (C=O) groups is 1. The SMILES string of the molecule is Cn1nc(-c2cccs2)cc1N1C[C@]2(CC[C@@](c3cccc(F)c3)(N(C)C)CC2)NC1=O. The van der Waals surface area contributed by atoms with E-state index in [0.717, 1.165) is 47.6 Å². The van der Waals surface area contributed by atoms with Crippen LogP contribution in [-0.2, 0) is 12.6 Å². The van der Waals surface area contributed by atoms with Gasteiger partial charge in [-0.25, -0.2) is 9.18 Å². The average Bonchev–Trinajstić information content (AvgIpc) is 3.48. The van der Waals surface area contributed by atoms with Crippen molar-refractivity contribution in [3.8, 4) is 10.6 Å². The third kappa shape index (κ3) is 3.42. The summed E-state index contributed by atoms with van der Waals surface area (Å²) in [5, 5.41) is 9.93. The molecule has 1 aliphatic carbocycles. The lowest BCUT2D eigenvalue weighted by atomic mass is 9.69. The van der Waals surface area contributed by atoms with Crippen LogP contribution in [0.2, 0.25) is 0 Å². The van der Waals surface area contributed by atoms with E-state index in [-0.39, 0.29) is 22.9 Å². The van der Waals surface area contributed by atoms with Gasteiger partial charge in [0.1, 0.15) is 17.3 Å². The number of carbonyl (C=O) groups excluding carboxylic acids is 1. The summed E-state index contributed by atoms with van der Waals surface area (Å²) in [6.45, 7) is 0.613. The van der Waals surface area contributed by atoms with E-state index in [1.807, 2.05) is 41.6 Å². The molecule has 0 atom stereocenters. The number of nitrogens with one attached hydrogen (secondary N) is 1. The van der Waals surface area contributed by atoms with Crippen molar-refractivity contribution < 1.29 is 9.18 Å². The highest BCUT2D eigenvalue weighted by Gasteiger charge is 2.50. The van der Waals surface area contributed by atoms with Crippen LogP contribution >= 0.6 is 11.3 Å². The minimum atomic E-state index is -0.280. The molecule has 0 unspecified atom stereocenters. The van der Waals surface area contributed by atoms with E-state index in [1.54, 1.807) is 28.2 Å². The van der Waals surface area contributed by atoms with Crippen molar-refractivity contribution in [2.75, 3.05) is 25.5 Å². The van der Waals surface area contributed by atoms with Gasteiger partial charge in [0.25, 0.3) is 0 Å². The maximum atomic E-state index is 14.0. The van der Waals surface area contributed by atoms with Gasteiger partial charge in [0.2, 0.25) is 0 Å². The van der Waals surface area contributed by atoms with Crippen molar-refractivity contribution in [2.24, 2.45) is 7.05 Å². The summed E-state index contributed by atoms with van der Waals surface area (Å²) in [6.07, 6.45) is 3.37. The van der Waals surface area contributed by atoms with E-state index >= 15 is 0 Å². The molecular formula is C24H28FN5OS. The Morgan fingerprint density at radius 1 is 1.12 bits per heavy atom. The second kappa shape index (κ2) is 7.71. The molecule has 8 heteroatoms. The normalized spacial score (nSPS) is 25.7. The zero-order chi connectivity index (χ0) is 22.5. The molecule has 168 valence electrons. The van der Waals surface area contributed by atoms with Crippen LogP contribution in [0, 0.1) is 5.82 Å². The van der Waals surface area contributed by atoms with Crippen LogP contribution in [0.15, 0.2) is 47.8 Å². The number of rotatable bonds is 4. The van der Waals surface area contributed by atoms with Crippen molar-refractivity contribution in [1.82, 2.24) is 20.0 Å². The fraction of sp³-hybridized carbons (Fsp3) is 0.417. The second-order valence-electron chi connectivity index (χ2n) is 9.22. The van der Waals surface area contributed by atoms with E-state index in [4.69, 9.17) is 0 Å². The first kappa shape index (κ1) is 21.2. The molecule has 2 aromatic heterocycles. The maximum Gasteiger partial charge on any atom is 0.323 e. The van der Waals surface area contributed by atoms with Gasteiger partial charge in [0, 0.05) is 18.7 Å². The lowest BCUT2D eigenvalue weighted by molar-refractivity contribution is 0.0655. The fourth-order valence-electron chi connectivity index (χ4n) is 5.35. The summed E-state index contributed by atoms with van der Waals surface area (Å²) in [4.78, 5) is 18.1. The smallest absolute Gasteiger partial charge is 0.323 e. The molecule has 1 aromatic carbocycles. The van der Waals surface area contributed by atoms with Crippen molar-refractivity contribution in [3.63, 3.8) is 0 Å². The molecule has 2 amide bonds. The fourth-order valence-corrected chi connectivity index (χ4v) is 6.03. The van der Waals surface area contributed by atoms with Crippen molar-refractivity contribution in [2.45, 2.75) is 36.8 Å². The Morgan fingerprint density at radius 3 is 2.56 bits per heavy atom. The number of hydrogen-bond acceptors (Lipinski definition) is 4. The number of benzene rings is 1. The Bertz CT molecular complexity index is 1130. The number of hydrogen-bond donors (Lipinski definition) is 1. The molecule has 3 aromatic rings. The highest BCUT2D eigenvalue weighted by atomic mass is 32.1. The number of aryl methyl sites for hydroxylation is 1. The Morgan fingerprint density at radius 2 is 1.91 bits per heavy atom. The zero-order valence-electron chi connectivity index (χ0n) is 18.6. The number of amides is 2. The number of aromatic nitrogens is 2. The molecule has 5 rings (SSSR count). The minimum absolute atomic E-state index is 0.0751. The first-order valence-corrected chi connectivity index (χ1v) is 11.8. The lowest BCUT2D eigenvalue weighted by Crippen LogP contribution is -2.54. The van der Waals surface area contributed by atoms with Gasteiger partial charge in [-0.2, -0.15) is 5.10 Å². The van der Waals surface area contributed by atoms with E-state index in [1.165, 1.54) is 6.07 Å². The highest BCUT2D eigenvalue weighted by Crippen LogP contribution is 2.46. The first-order valence-electron chi connectivity index (χ1n) is 10.9. The van der Waals surface area contributed by atoms with Gasteiger partial charge in [-0.05, 0) is 68.9 Å². The number of nitrogens with zero attached hydrogens (tertiary/aromatic N) is 4. The lowest BCUT2D eigenvalue weighted by Gasteiger charge is -2.48. The predicted molar refractivity (Wildman–Crippen MR) is 125 cm³/mol. The number of thiophene rings is 1. The molecule has 1 saturated heterocycles. The molecule has 1 saturated carbocycles. The third-order valence-electron chi connectivity index (χ3n) is 7.24. The van der Waals surface area contributed by atoms with Crippen molar-refractivity contribution >= 4 is 23.2 Å². The van der Waals surface area contributed by atoms with Crippen LogP contribution in [0.1, 0.15) is 31.2 Å². The van der Waals surface area contributed by atoms with Crippen molar-refractivity contribution in [1.29, 1.82) is 0 Å². The van der Waals surface area contributed by atoms with E-state index in [0.29, 0.717) is 6.54 Å². The Balaban J connectivity index is 1.38. The van der Waals surface area contributed by atoms with Gasteiger partial charge in [0.05, 0.1) is 17.0 Å². The molecule has 1 N–H and O–H groups in total. The summed E-state index contributed by atoms with van der Waals surface area (Å²) in [6, 6.07) is 12.9. The molecule has 0 bridgehead atoms. The van der Waals surface area contributed by atoms with Gasteiger partial charge in [-0.15, -0.1) is 11.3 Å². The van der Waals surface area contributed by atoms with Crippen molar-refractivity contribution in [3.05, 3.63) is 59.2 Å². The summed E-state index contributed by atoms with van der Waals surface area (Å²) in [5.74, 6) is 0.597. The second-order valence-corrected chi connectivity index (χ2v) is 10.2. The van der Waals surface area contributed by atoms with Crippen LogP contribution in [0.4, 0.5) is 15.0 Å². The minimum Gasteiger partial charge on any atom is -0.330 e. The number of urea groups is 1. The molecule has 0 radical (unpaired) electrons. The van der Waals surface area contributed by atoms with Crippen LogP contribution in [0.5, 0.6) is 0 Å². The average molecular weight is 454 g/mol. The van der Waals surface area contributed by atoms with Crippen LogP contribution in [-0.4, -0.2) is 46.9 Å². The molecule has 2 fully saturated rings. The Hall–Kier alpha value is -2.71. The standard InChI is InChI=1S/C24H28FN5OS/c1-28(2)24(17-6-4-7-18(25)14-17)11-9-23(10-12-24)16-30(22(31)26-23)21-15-19(27-29(21)3)20-8-5-13-32-20/h4-8,13-15H,9-12,16H2,1-3H3,(H,26,31)/t23-,24-. The van der Waals surface area contributed by atoms with Gasteiger partial charge in [-0.3, -0.25) is 14.5 Å². The molecule has 32 heavy (non-hydrogen) atoms.